The molecule has 0 radical (unpaired) electrons. The summed E-state index contributed by atoms with van der Waals surface area (Å²) in [7, 11) is 3.25. The third kappa shape index (κ3) is 5.72. The smallest absolute Gasteiger partial charge is 0.251 e. The Morgan fingerprint density at radius 1 is 0.914 bits per heavy atom. The van der Waals surface area contributed by atoms with Crippen LogP contribution in [0.1, 0.15) is 51.3 Å². The topological polar surface area (TPSA) is 76.7 Å². The molecule has 0 saturated heterocycles. The molecule has 4 rings (SSSR count). The molecule has 0 aliphatic carbocycles. The van der Waals surface area contributed by atoms with Gasteiger partial charge in [-0.15, -0.1) is 0 Å². The molecule has 0 spiro atoms. The van der Waals surface area contributed by atoms with Crippen LogP contribution >= 0.6 is 0 Å². The lowest BCUT2D eigenvalue weighted by molar-refractivity contribution is 0.0949. The minimum Gasteiger partial charge on any atom is -0.497 e. The molecule has 0 unspecified atom stereocenters. The van der Waals surface area contributed by atoms with Crippen molar-refractivity contribution < 1.29 is 19.1 Å². The Balaban J connectivity index is 1.47. The fraction of sp³-hybridized carbons (Fsp3) is 0.241. The maximum Gasteiger partial charge on any atom is 0.251 e. The highest BCUT2D eigenvalue weighted by atomic mass is 16.5. The average Bonchev–Trinajstić information content (AvgIpc) is 2.86. The quantitative estimate of drug-likeness (QED) is 0.384. The van der Waals surface area contributed by atoms with Crippen LogP contribution in [-0.2, 0) is 13.0 Å². The van der Waals surface area contributed by atoms with Crippen molar-refractivity contribution in [3.63, 3.8) is 0 Å². The predicted molar refractivity (Wildman–Crippen MR) is 137 cm³/mol. The number of carbonyl (C=O) groups excluding carboxylic acids is 2. The number of carbonyl (C=O) groups is 2. The number of hydrogen-bond donors (Lipinski definition) is 2. The highest BCUT2D eigenvalue weighted by molar-refractivity contribution is 6.09. The van der Waals surface area contributed by atoms with E-state index in [0.717, 1.165) is 40.3 Å². The Bertz CT molecular complexity index is 1260. The second-order valence-corrected chi connectivity index (χ2v) is 9.24. The molecule has 1 aliphatic rings. The first-order valence-corrected chi connectivity index (χ1v) is 11.5. The number of hydrogen-bond acceptors (Lipinski definition) is 5. The predicted octanol–water partition coefficient (Wildman–Crippen LogP) is 4.78. The van der Waals surface area contributed by atoms with Crippen LogP contribution in [0.5, 0.6) is 11.5 Å². The minimum atomic E-state index is -0.199. The number of allylic oxidation sites excluding steroid dienone is 1. The summed E-state index contributed by atoms with van der Waals surface area (Å²) in [5, 5.41) is 6.38. The van der Waals surface area contributed by atoms with E-state index in [-0.39, 0.29) is 17.2 Å². The van der Waals surface area contributed by atoms with Crippen LogP contribution in [0.4, 0.5) is 0 Å². The molecule has 0 bridgehead atoms. The standard InChI is InChI=1S/C29H30N2O4/c1-29(2)17-22-11-14-24(35-4)15-25(22)26(31-29)16-27(32)20-7-9-21(10-8-20)28(33)30-18-19-5-12-23(34-3)13-6-19/h5-16,31H,17-18H2,1-4H3,(H,30,33). The summed E-state index contributed by atoms with van der Waals surface area (Å²) >= 11 is 0. The summed E-state index contributed by atoms with van der Waals surface area (Å²) in [6, 6.07) is 20.2. The number of benzene rings is 3. The zero-order chi connectivity index (χ0) is 25.0. The zero-order valence-electron chi connectivity index (χ0n) is 20.5. The average molecular weight is 471 g/mol. The molecule has 0 atom stereocenters. The number of methoxy groups -OCH3 is 2. The van der Waals surface area contributed by atoms with Gasteiger partial charge >= 0.3 is 0 Å². The summed E-state index contributed by atoms with van der Waals surface area (Å²) in [6.45, 7) is 4.62. The van der Waals surface area contributed by atoms with Crippen LogP contribution in [-0.4, -0.2) is 31.4 Å². The maximum atomic E-state index is 13.1. The van der Waals surface area contributed by atoms with Crippen molar-refractivity contribution >= 4 is 17.4 Å². The molecule has 1 amide bonds. The molecule has 1 heterocycles. The van der Waals surface area contributed by atoms with Crippen molar-refractivity contribution in [2.45, 2.75) is 32.4 Å². The summed E-state index contributed by atoms with van der Waals surface area (Å²) in [4.78, 5) is 25.6. The van der Waals surface area contributed by atoms with Crippen molar-refractivity contribution in [1.29, 1.82) is 0 Å². The summed E-state index contributed by atoms with van der Waals surface area (Å²) < 4.78 is 10.5. The van der Waals surface area contributed by atoms with Crippen molar-refractivity contribution in [3.05, 3.63) is 101 Å². The van der Waals surface area contributed by atoms with Crippen molar-refractivity contribution in [1.82, 2.24) is 10.6 Å². The van der Waals surface area contributed by atoms with E-state index in [1.807, 2.05) is 36.4 Å². The lowest BCUT2D eigenvalue weighted by Gasteiger charge is -2.35. The van der Waals surface area contributed by atoms with Gasteiger partial charge in [0.15, 0.2) is 5.78 Å². The Labute approximate surface area is 206 Å². The van der Waals surface area contributed by atoms with Crippen molar-refractivity contribution in [2.75, 3.05) is 14.2 Å². The molecule has 6 heteroatoms. The van der Waals surface area contributed by atoms with Crippen LogP contribution in [0.25, 0.3) is 5.70 Å². The van der Waals surface area contributed by atoms with E-state index >= 15 is 0 Å². The molecule has 6 nitrogen and oxygen atoms in total. The van der Waals surface area contributed by atoms with Gasteiger partial charge in [0.2, 0.25) is 0 Å². The number of ether oxygens (including phenoxy) is 2. The molecular weight excluding hydrogens is 440 g/mol. The van der Waals surface area contributed by atoms with Crippen LogP contribution in [0.3, 0.4) is 0 Å². The number of amides is 1. The molecule has 35 heavy (non-hydrogen) atoms. The van der Waals surface area contributed by atoms with Crippen LogP contribution < -0.4 is 20.1 Å². The fourth-order valence-electron chi connectivity index (χ4n) is 4.18. The van der Waals surface area contributed by atoms with E-state index in [0.29, 0.717) is 17.7 Å². The molecule has 180 valence electrons. The third-order valence-corrected chi connectivity index (χ3v) is 6.03. The molecule has 0 fully saturated rings. The Morgan fingerprint density at radius 2 is 1.54 bits per heavy atom. The molecule has 3 aromatic rings. The van der Waals surface area contributed by atoms with Crippen molar-refractivity contribution in [2.24, 2.45) is 0 Å². The lowest BCUT2D eigenvalue weighted by Crippen LogP contribution is -2.43. The second kappa shape index (κ2) is 10.1. The first-order chi connectivity index (χ1) is 16.8. The van der Waals surface area contributed by atoms with Gasteiger partial charge in [-0.1, -0.05) is 30.3 Å². The molecule has 2 N–H and O–H groups in total. The molecule has 1 aliphatic heterocycles. The van der Waals surface area contributed by atoms with E-state index in [4.69, 9.17) is 9.47 Å². The highest BCUT2D eigenvalue weighted by Crippen LogP contribution is 2.32. The van der Waals surface area contributed by atoms with Gasteiger partial charge in [0, 0.05) is 40.5 Å². The molecular formula is C29H30N2O4. The van der Waals surface area contributed by atoms with Gasteiger partial charge < -0.3 is 20.1 Å². The van der Waals surface area contributed by atoms with Crippen LogP contribution in [0.2, 0.25) is 0 Å². The van der Waals surface area contributed by atoms with Gasteiger partial charge in [-0.25, -0.2) is 0 Å². The third-order valence-electron chi connectivity index (χ3n) is 6.03. The van der Waals surface area contributed by atoms with Crippen molar-refractivity contribution in [3.8, 4) is 11.5 Å². The maximum absolute atomic E-state index is 13.1. The number of nitrogens with one attached hydrogen (secondary N) is 2. The Morgan fingerprint density at radius 3 is 2.20 bits per heavy atom. The monoisotopic (exact) mass is 470 g/mol. The largest absolute Gasteiger partial charge is 0.497 e. The van der Waals surface area contributed by atoms with Gasteiger partial charge in [-0.2, -0.15) is 0 Å². The minimum absolute atomic E-state index is 0.135. The second-order valence-electron chi connectivity index (χ2n) is 9.24. The van der Waals surface area contributed by atoms with E-state index in [1.165, 1.54) is 0 Å². The summed E-state index contributed by atoms with van der Waals surface area (Å²) in [6.07, 6.45) is 2.47. The van der Waals surface area contributed by atoms with Gasteiger partial charge in [-0.05, 0) is 67.8 Å². The first-order valence-electron chi connectivity index (χ1n) is 11.5. The van der Waals surface area contributed by atoms with Gasteiger partial charge in [-0.3, -0.25) is 9.59 Å². The van der Waals surface area contributed by atoms with E-state index in [2.05, 4.69) is 30.5 Å². The molecule has 0 saturated carbocycles. The lowest BCUT2D eigenvalue weighted by atomic mass is 9.85. The summed E-state index contributed by atoms with van der Waals surface area (Å²) in [5.74, 6) is 1.18. The van der Waals surface area contributed by atoms with Gasteiger partial charge in [0.05, 0.1) is 14.2 Å². The number of ketones is 1. The van der Waals surface area contributed by atoms with E-state index in [1.54, 1.807) is 44.6 Å². The van der Waals surface area contributed by atoms with Gasteiger partial charge in [0.1, 0.15) is 11.5 Å². The first kappa shape index (κ1) is 24.1. The van der Waals surface area contributed by atoms with Crippen LogP contribution in [0.15, 0.2) is 72.8 Å². The Kier molecular flexibility index (Phi) is 6.92. The molecule has 3 aromatic carbocycles. The number of fused-ring (bicyclic) bond motifs is 1. The normalized spacial score (nSPS) is 15.0. The van der Waals surface area contributed by atoms with Crippen LogP contribution in [0, 0.1) is 0 Å². The number of rotatable bonds is 7. The SMILES string of the molecule is COc1ccc(CNC(=O)c2ccc(C(=O)C=C3NC(C)(C)Cc4ccc(OC)cc43)cc2)cc1. The Hall–Kier alpha value is -4.06. The fourth-order valence-corrected chi connectivity index (χ4v) is 4.18. The van der Waals surface area contributed by atoms with E-state index in [9.17, 15) is 9.59 Å². The molecule has 0 aromatic heterocycles. The van der Waals surface area contributed by atoms with Gasteiger partial charge in [0.25, 0.3) is 5.91 Å². The highest BCUT2D eigenvalue weighted by Gasteiger charge is 2.28. The van der Waals surface area contributed by atoms with E-state index < -0.39 is 0 Å². The summed E-state index contributed by atoms with van der Waals surface area (Å²) in [5.41, 5.74) is 4.69. The zero-order valence-corrected chi connectivity index (χ0v) is 20.5.